The molecule has 0 aliphatic carbocycles. The topological polar surface area (TPSA) is 72.2 Å². The summed E-state index contributed by atoms with van der Waals surface area (Å²) in [5.41, 5.74) is 1.38. The second-order valence-electron chi connectivity index (χ2n) is 5.09. The van der Waals surface area contributed by atoms with Crippen LogP contribution in [0.2, 0.25) is 0 Å². The molecular weight excluding hydrogens is 331 g/mol. The van der Waals surface area contributed by atoms with Gasteiger partial charge in [0.1, 0.15) is 5.82 Å². The Morgan fingerprint density at radius 2 is 1.88 bits per heavy atom. The van der Waals surface area contributed by atoms with Crippen molar-refractivity contribution in [1.82, 2.24) is 5.32 Å². The summed E-state index contributed by atoms with van der Waals surface area (Å²) in [7, 11) is 0. The zero-order valence-corrected chi connectivity index (χ0v) is 13.7. The fourth-order valence-corrected chi connectivity index (χ4v) is 2.89. The average molecular weight is 348 g/mol. The highest BCUT2D eigenvalue weighted by Crippen LogP contribution is 2.15. The van der Waals surface area contributed by atoms with Gasteiger partial charge in [-0.3, -0.25) is 14.9 Å². The van der Waals surface area contributed by atoms with E-state index in [9.17, 15) is 19.3 Å². The molecule has 7 heteroatoms. The maximum Gasteiger partial charge on any atom is 0.269 e. The van der Waals surface area contributed by atoms with Gasteiger partial charge in [-0.05, 0) is 17.2 Å². The van der Waals surface area contributed by atoms with E-state index in [1.165, 1.54) is 18.2 Å². The Labute approximate surface area is 143 Å². The van der Waals surface area contributed by atoms with Gasteiger partial charge in [-0.2, -0.15) is 11.8 Å². The summed E-state index contributed by atoms with van der Waals surface area (Å²) in [6.07, 6.45) is 0.177. The number of nitro benzene ring substituents is 1. The number of nitrogens with zero attached hydrogens (tertiary/aromatic N) is 1. The minimum Gasteiger partial charge on any atom is -0.355 e. The molecule has 0 heterocycles. The van der Waals surface area contributed by atoms with Gasteiger partial charge in [0.25, 0.3) is 5.69 Å². The van der Waals surface area contributed by atoms with Crippen LogP contribution in [0.4, 0.5) is 10.1 Å². The van der Waals surface area contributed by atoms with Gasteiger partial charge in [0.05, 0.1) is 11.3 Å². The second kappa shape index (κ2) is 9.02. The molecular formula is C17H17FN2O3S. The van der Waals surface area contributed by atoms with Crippen LogP contribution in [0.3, 0.4) is 0 Å². The molecule has 2 rings (SSSR count). The molecule has 0 spiro atoms. The number of amides is 1. The molecule has 0 atom stereocenters. The lowest BCUT2D eigenvalue weighted by Crippen LogP contribution is -2.27. The largest absolute Gasteiger partial charge is 0.355 e. The van der Waals surface area contributed by atoms with Crippen molar-refractivity contribution in [1.29, 1.82) is 0 Å². The number of nitro groups is 1. The van der Waals surface area contributed by atoms with Crippen LogP contribution in [0.5, 0.6) is 0 Å². The summed E-state index contributed by atoms with van der Waals surface area (Å²) in [5.74, 6) is 0.883. The maximum atomic E-state index is 13.4. The molecule has 0 aromatic heterocycles. The fourth-order valence-electron chi connectivity index (χ4n) is 2.04. The summed E-state index contributed by atoms with van der Waals surface area (Å²) >= 11 is 1.54. The molecule has 2 aromatic rings. The van der Waals surface area contributed by atoms with Crippen molar-refractivity contribution in [3.8, 4) is 0 Å². The third-order valence-electron chi connectivity index (χ3n) is 3.30. The maximum absolute atomic E-state index is 13.4. The smallest absolute Gasteiger partial charge is 0.269 e. The summed E-state index contributed by atoms with van der Waals surface area (Å²) < 4.78 is 13.4. The minimum atomic E-state index is -0.476. The summed E-state index contributed by atoms with van der Waals surface area (Å²) in [4.78, 5) is 21.9. The number of carbonyl (C=O) groups is 1. The van der Waals surface area contributed by atoms with E-state index in [4.69, 9.17) is 0 Å². The molecule has 0 saturated carbocycles. The number of hydrogen-bond acceptors (Lipinski definition) is 4. The molecule has 126 valence electrons. The van der Waals surface area contributed by atoms with Crippen molar-refractivity contribution < 1.29 is 14.1 Å². The lowest BCUT2D eigenvalue weighted by molar-refractivity contribution is -0.384. The molecule has 0 saturated heterocycles. The second-order valence-corrected chi connectivity index (χ2v) is 6.20. The van der Waals surface area contributed by atoms with Gasteiger partial charge in [0.15, 0.2) is 0 Å². The van der Waals surface area contributed by atoms with E-state index in [-0.39, 0.29) is 23.8 Å². The normalized spacial score (nSPS) is 10.4. The SMILES string of the molecule is O=C(Cc1ccc([N+](=O)[O-])cc1)NCCSCc1ccccc1F. The van der Waals surface area contributed by atoms with Crippen molar-refractivity contribution in [3.05, 3.63) is 75.6 Å². The summed E-state index contributed by atoms with van der Waals surface area (Å²) in [6.45, 7) is 0.491. The number of thioether (sulfide) groups is 1. The van der Waals surface area contributed by atoms with Crippen LogP contribution in [-0.2, 0) is 17.0 Å². The molecule has 0 aliphatic heterocycles. The van der Waals surface area contributed by atoms with Crippen molar-refractivity contribution in [2.45, 2.75) is 12.2 Å². The number of carbonyl (C=O) groups excluding carboxylic acids is 1. The highest BCUT2D eigenvalue weighted by Gasteiger charge is 2.07. The first kappa shape index (κ1) is 17.9. The van der Waals surface area contributed by atoms with Gasteiger partial charge in [-0.25, -0.2) is 4.39 Å². The van der Waals surface area contributed by atoms with E-state index in [0.717, 1.165) is 5.56 Å². The number of halogens is 1. The quantitative estimate of drug-likeness (QED) is 0.451. The lowest BCUT2D eigenvalue weighted by atomic mass is 10.1. The molecule has 0 unspecified atom stereocenters. The molecule has 0 aliphatic rings. The Hall–Kier alpha value is -2.41. The predicted octanol–water partition coefficient (Wildman–Crippen LogP) is 3.33. The van der Waals surface area contributed by atoms with Crippen molar-refractivity contribution in [3.63, 3.8) is 0 Å². The zero-order valence-electron chi connectivity index (χ0n) is 12.9. The highest BCUT2D eigenvalue weighted by atomic mass is 32.2. The molecule has 24 heavy (non-hydrogen) atoms. The van der Waals surface area contributed by atoms with Gasteiger partial charge in [0.2, 0.25) is 5.91 Å². The van der Waals surface area contributed by atoms with Gasteiger partial charge >= 0.3 is 0 Å². The Balaban J connectivity index is 1.66. The molecule has 1 N–H and O–H groups in total. The molecule has 5 nitrogen and oxygen atoms in total. The predicted molar refractivity (Wildman–Crippen MR) is 92.4 cm³/mol. The number of rotatable bonds is 8. The van der Waals surface area contributed by atoms with E-state index in [2.05, 4.69) is 5.32 Å². The standard InChI is InChI=1S/C17H17FN2O3S/c18-16-4-2-1-3-14(16)12-24-10-9-19-17(21)11-13-5-7-15(8-6-13)20(22)23/h1-8H,9-12H2,(H,19,21). The van der Waals surface area contributed by atoms with Crippen LogP contribution in [0.25, 0.3) is 0 Å². The summed E-state index contributed by atoms with van der Waals surface area (Å²) in [5, 5.41) is 13.3. The number of nitrogens with one attached hydrogen (secondary N) is 1. The van der Waals surface area contributed by atoms with Crippen LogP contribution >= 0.6 is 11.8 Å². The minimum absolute atomic E-state index is 0.00343. The molecule has 1 amide bonds. The Bertz CT molecular complexity index is 707. The van der Waals surface area contributed by atoms with Gasteiger partial charge in [0, 0.05) is 30.2 Å². The Morgan fingerprint density at radius 1 is 1.17 bits per heavy atom. The van der Waals surface area contributed by atoms with Crippen molar-refractivity contribution in [2.75, 3.05) is 12.3 Å². The van der Waals surface area contributed by atoms with Crippen LogP contribution in [-0.4, -0.2) is 23.1 Å². The highest BCUT2D eigenvalue weighted by molar-refractivity contribution is 7.98. The third-order valence-corrected chi connectivity index (χ3v) is 4.30. The van der Waals surface area contributed by atoms with E-state index < -0.39 is 4.92 Å². The van der Waals surface area contributed by atoms with Crippen molar-refractivity contribution >= 4 is 23.4 Å². The average Bonchev–Trinajstić information content (AvgIpc) is 2.56. The zero-order chi connectivity index (χ0) is 17.4. The van der Waals surface area contributed by atoms with Gasteiger partial charge in [-0.1, -0.05) is 30.3 Å². The van der Waals surface area contributed by atoms with E-state index in [1.807, 2.05) is 0 Å². The monoisotopic (exact) mass is 348 g/mol. The lowest BCUT2D eigenvalue weighted by Gasteiger charge is -2.06. The number of hydrogen-bond donors (Lipinski definition) is 1. The molecule has 0 bridgehead atoms. The van der Waals surface area contributed by atoms with Crippen LogP contribution < -0.4 is 5.32 Å². The third kappa shape index (κ3) is 5.66. The van der Waals surface area contributed by atoms with Crippen molar-refractivity contribution in [2.24, 2.45) is 0 Å². The van der Waals surface area contributed by atoms with Crippen LogP contribution in [0.1, 0.15) is 11.1 Å². The van der Waals surface area contributed by atoms with E-state index in [0.29, 0.717) is 23.6 Å². The fraction of sp³-hybridized carbons (Fsp3) is 0.235. The molecule has 0 fully saturated rings. The molecule has 2 aromatic carbocycles. The summed E-state index contributed by atoms with van der Waals surface area (Å²) in [6, 6.07) is 12.5. The Kier molecular flexibility index (Phi) is 6.74. The number of benzene rings is 2. The number of non-ortho nitro benzene ring substituents is 1. The van der Waals surface area contributed by atoms with Gasteiger partial charge in [-0.15, -0.1) is 0 Å². The van der Waals surface area contributed by atoms with Crippen LogP contribution in [0, 0.1) is 15.9 Å². The first-order valence-electron chi connectivity index (χ1n) is 7.37. The Morgan fingerprint density at radius 3 is 2.54 bits per heavy atom. The van der Waals surface area contributed by atoms with Crippen LogP contribution in [0.15, 0.2) is 48.5 Å². The van der Waals surface area contributed by atoms with Gasteiger partial charge < -0.3 is 5.32 Å². The van der Waals surface area contributed by atoms with E-state index >= 15 is 0 Å². The first-order chi connectivity index (χ1) is 11.6. The first-order valence-corrected chi connectivity index (χ1v) is 8.53. The molecule has 0 radical (unpaired) electrons. The van der Waals surface area contributed by atoms with E-state index in [1.54, 1.807) is 42.1 Å².